The van der Waals surface area contributed by atoms with Crippen LogP contribution >= 0.6 is 0 Å². The highest BCUT2D eigenvalue weighted by Gasteiger charge is 2.27. The Labute approximate surface area is 168 Å². The minimum absolute atomic E-state index is 0.380. The van der Waals surface area contributed by atoms with Crippen LogP contribution < -0.4 is 5.32 Å². The van der Waals surface area contributed by atoms with E-state index in [4.69, 9.17) is 4.74 Å². The number of likely N-dealkylation sites (tertiary alicyclic amines) is 1. The standard InChI is InChI=1S/C20H32N4O3S/c1-21-20(23-12-9-18(15-23)16-27-2)22-14-17-7-6-8-19(13-17)28(25,26)24-10-4-3-5-11-24/h6-8,13,18H,3-5,9-12,14-16H2,1-2H3,(H,21,22). The molecule has 1 aromatic rings. The van der Waals surface area contributed by atoms with E-state index in [1.807, 2.05) is 12.1 Å². The van der Waals surface area contributed by atoms with Crippen molar-refractivity contribution in [1.82, 2.24) is 14.5 Å². The number of nitrogens with one attached hydrogen (secondary N) is 1. The zero-order chi connectivity index (χ0) is 20.0. The van der Waals surface area contributed by atoms with Gasteiger partial charge < -0.3 is 15.0 Å². The molecule has 0 bridgehead atoms. The van der Waals surface area contributed by atoms with Crippen molar-refractivity contribution < 1.29 is 13.2 Å². The van der Waals surface area contributed by atoms with E-state index in [0.717, 1.165) is 56.9 Å². The molecule has 3 rings (SSSR count). The molecular formula is C20H32N4O3S. The predicted molar refractivity (Wildman–Crippen MR) is 111 cm³/mol. The number of hydrogen-bond acceptors (Lipinski definition) is 4. The largest absolute Gasteiger partial charge is 0.384 e. The van der Waals surface area contributed by atoms with Crippen molar-refractivity contribution in [3.8, 4) is 0 Å². The van der Waals surface area contributed by atoms with Gasteiger partial charge in [0.2, 0.25) is 10.0 Å². The number of methoxy groups -OCH3 is 1. The van der Waals surface area contributed by atoms with Crippen molar-refractivity contribution >= 4 is 16.0 Å². The Bertz CT molecular complexity index is 775. The number of guanidine groups is 1. The van der Waals surface area contributed by atoms with Crippen LogP contribution in [0.15, 0.2) is 34.2 Å². The highest BCUT2D eigenvalue weighted by molar-refractivity contribution is 7.89. The summed E-state index contributed by atoms with van der Waals surface area (Å²) in [5, 5.41) is 3.38. The van der Waals surface area contributed by atoms with Gasteiger partial charge in [-0.3, -0.25) is 4.99 Å². The van der Waals surface area contributed by atoms with Crippen molar-refractivity contribution in [2.24, 2.45) is 10.9 Å². The molecule has 1 unspecified atom stereocenters. The van der Waals surface area contributed by atoms with Gasteiger partial charge in [0, 0.05) is 52.8 Å². The van der Waals surface area contributed by atoms with Crippen molar-refractivity contribution in [2.75, 3.05) is 46.9 Å². The zero-order valence-electron chi connectivity index (χ0n) is 16.9. The maximum Gasteiger partial charge on any atom is 0.243 e. The van der Waals surface area contributed by atoms with Crippen LogP contribution in [0, 0.1) is 5.92 Å². The van der Waals surface area contributed by atoms with E-state index in [2.05, 4.69) is 15.2 Å². The molecule has 0 saturated carbocycles. The molecule has 0 radical (unpaired) electrons. The van der Waals surface area contributed by atoms with Crippen LogP contribution in [-0.4, -0.2) is 70.5 Å². The summed E-state index contributed by atoms with van der Waals surface area (Å²) in [5.74, 6) is 1.38. The first-order valence-electron chi connectivity index (χ1n) is 10.1. The average molecular weight is 409 g/mol. The first-order chi connectivity index (χ1) is 13.5. The number of hydrogen-bond donors (Lipinski definition) is 1. The van der Waals surface area contributed by atoms with Crippen LogP contribution in [0.2, 0.25) is 0 Å². The summed E-state index contributed by atoms with van der Waals surface area (Å²) in [6, 6.07) is 7.24. The Balaban J connectivity index is 1.63. The fraction of sp³-hybridized carbons (Fsp3) is 0.650. The number of ether oxygens (including phenoxy) is 1. The molecule has 1 atom stereocenters. The molecule has 1 N–H and O–H groups in total. The fourth-order valence-corrected chi connectivity index (χ4v) is 5.57. The lowest BCUT2D eigenvalue weighted by atomic mass is 10.1. The molecule has 7 nitrogen and oxygen atoms in total. The molecule has 0 amide bonds. The second-order valence-electron chi connectivity index (χ2n) is 7.57. The third-order valence-corrected chi connectivity index (χ3v) is 7.40. The van der Waals surface area contributed by atoms with Gasteiger partial charge in [0.1, 0.15) is 0 Å². The maximum absolute atomic E-state index is 12.9. The molecular weight excluding hydrogens is 376 g/mol. The maximum atomic E-state index is 12.9. The van der Waals surface area contributed by atoms with Crippen LogP contribution in [0.5, 0.6) is 0 Å². The molecule has 0 aromatic heterocycles. The van der Waals surface area contributed by atoms with Gasteiger partial charge in [0.15, 0.2) is 5.96 Å². The van der Waals surface area contributed by atoms with Gasteiger partial charge in [0.05, 0.1) is 11.5 Å². The second-order valence-corrected chi connectivity index (χ2v) is 9.51. The Morgan fingerprint density at radius 3 is 2.75 bits per heavy atom. The number of aliphatic imine (C=N–C) groups is 1. The fourth-order valence-electron chi connectivity index (χ4n) is 3.98. The van der Waals surface area contributed by atoms with Gasteiger partial charge >= 0.3 is 0 Å². The monoisotopic (exact) mass is 408 g/mol. The van der Waals surface area contributed by atoms with E-state index in [1.165, 1.54) is 0 Å². The van der Waals surface area contributed by atoms with Crippen LogP contribution in [0.1, 0.15) is 31.2 Å². The number of nitrogens with zero attached hydrogens (tertiary/aromatic N) is 3. The summed E-state index contributed by atoms with van der Waals surface area (Å²) in [5.41, 5.74) is 0.937. The zero-order valence-corrected chi connectivity index (χ0v) is 17.7. The quantitative estimate of drug-likeness (QED) is 0.575. The second kappa shape index (κ2) is 9.71. The molecule has 0 aliphatic carbocycles. The molecule has 8 heteroatoms. The SMILES string of the molecule is CN=C(NCc1cccc(S(=O)(=O)N2CCCCC2)c1)N1CCC(COC)C1. The third-order valence-electron chi connectivity index (χ3n) is 5.50. The van der Waals surface area contributed by atoms with Crippen molar-refractivity contribution in [3.63, 3.8) is 0 Å². The minimum Gasteiger partial charge on any atom is -0.384 e. The van der Waals surface area contributed by atoms with Gasteiger partial charge in [-0.25, -0.2) is 8.42 Å². The lowest BCUT2D eigenvalue weighted by Gasteiger charge is -2.26. The molecule has 2 heterocycles. The summed E-state index contributed by atoms with van der Waals surface area (Å²) in [6.07, 6.45) is 4.09. The van der Waals surface area contributed by atoms with Crippen molar-refractivity contribution in [2.45, 2.75) is 37.1 Å². The number of benzene rings is 1. The van der Waals surface area contributed by atoms with Gasteiger partial charge in [-0.2, -0.15) is 4.31 Å². The first-order valence-corrected chi connectivity index (χ1v) is 11.5. The Morgan fingerprint density at radius 1 is 1.25 bits per heavy atom. The molecule has 156 valence electrons. The predicted octanol–water partition coefficient (Wildman–Crippen LogP) is 1.90. The van der Waals surface area contributed by atoms with Gasteiger partial charge in [-0.1, -0.05) is 18.6 Å². The summed E-state index contributed by atoms with van der Waals surface area (Å²) >= 11 is 0. The number of rotatable bonds is 6. The Hall–Kier alpha value is -1.64. The summed E-state index contributed by atoms with van der Waals surface area (Å²) in [4.78, 5) is 7.00. The number of piperidine rings is 1. The summed E-state index contributed by atoms with van der Waals surface area (Å²) in [7, 11) is 0.111. The first kappa shape index (κ1) is 21.1. The van der Waals surface area contributed by atoms with Gasteiger partial charge in [-0.05, 0) is 37.0 Å². The molecule has 28 heavy (non-hydrogen) atoms. The Kier molecular flexibility index (Phi) is 7.31. The highest BCUT2D eigenvalue weighted by atomic mass is 32.2. The minimum atomic E-state index is -3.41. The van der Waals surface area contributed by atoms with E-state index < -0.39 is 10.0 Å². The van der Waals surface area contributed by atoms with Crippen molar-refractivity contribution in [1.29, 1.82) is 0 Å². The van der Waals surface area contributed by atoms with Crippen LogP contribution in [0.3, 0.4) is 0 Å². The lowest BCUT2D eigenvalue weighted by molar-refractivity contribution is 0.157. The smallest absolute Gasteiger partial charge is 0.243 e. The van der Waals surface area contributed by atoms with Crippen LogP contribution in [0.25, 0.3) is 0 Å². The third kappa shape index (κ3) is 5.04. The molecule has 2 aliphatic rings. The number of sulfonamides is 1. The normalized spacial score (nSPS) is 21.9. The van der Waals surface area contributed by atoms with Gasteiger partial charge in [0.25, 0.3) is 0 Å². The molecule has 2 aliphatic heterocycles. The average Bonchev–Trinajstić information content (AvgIpc) is 3.18. The van der Waals surface area contributed by atoms with E-state index in [0.29, 0.717) is 30.4 Å². The molecule has 1 aromatic carbocycles. The van der Waals surface area contributed by atoms with Crippen molar-refractivity contribution in [3.05, 3.63) is 29.8 Å². The molecule has 0 spiro atoms. The van der Waals surface area contributed by atoms with E-state index >= 15 is 0 Å². The van der Waals surface area contributed by atoms with E-state index in [1.54, 1.807) is 30.6 Å². The highest BCUT2D eigenvalue weighted by Crippen LogP contribution is 2.21. The van der Waals surface area contributed by atoms with Crippen LogP contribution in [-0.2, 0) is 21.3 Å². The lowest BCUT2D eigenvalue weighted by Crippen LogP contribution is -2.40. The molecule has 2 saturated heterocycles. The summed E-state index contributed by atoms with van der Waals surface area (Å²) < 4.78 is 32.7. The van der Waals surface area contributed by atoms with Gasteiger partial charge in [-0.15, -0.1) is 0 Å². The topological polar surface area (TPSA) is 74.2 Å². The molecule has 2 fully saturated rings. The van der Waals surface area contributed by atoms with Crippen LogP contribution in [0.4, 0.5) is 0 Å². The van der Waals surface area contributed by atoms with E-state index in [9.17, 15) is 8.42 Å². The Morgan fingerprint density at radius 2 is 2.04 bits per heavy atom. The summed E-state index contributed by atoms with van der Waals surface area (Å²) in [6.45, 7) is 4.43. The van der Waals surface area contributed by atoms with E-state index in [-0.39, 0.29) is 0 Å².